The van der Waals surface area contributed by atoms with E-state index in [9.17, 15) is 49.2 Å². The fourth-order valence-corrected chi connectivity index (χ4v) is 21.4. The first-order valence-electron chi connectivity index (χ1n) is 56.4. The number of carbonyl (C=O) groups is 6. The number of unbranched alkanes of at least 4 members (excludes halogenated alkanes) is 8. The molecule has 798 valence electrons. The molecule has 0 saturated heterocycles. The Morgan fingerprint density at radius 1 is 0.370 bits per heavy atom. The lowest BCUT2D eigenvalue weighted by molar-refractivity contribution is -0.233. The third-order valence-electron chi connectivity index (χ3n) is 31.2. The fourth-order valence-electron chi connectivity index (χ4n) is 21.4. The smallest absolute Gasteiger partial charge is 0.306 e. The third-order valence-corrected chi connectivity index (χ3v) is 31.2. The molecule has 8 fully saturated rings. The van der Waals surface area contributed by atoms with E-state index in [-0.39, 0.29) is 66.6 Å². The Morgan fingerprint density at radius 3 is 1.17 bits per heavy atom. The third kappa shape index (κ3) is 58.1. The van der Waals surface area contributed by atoms with E-state index >= 15 is 0 Å². The first-order valence-corrected chi connectivity index (χ1v) is 56.4. The number of ketones is 3. The Balaban J connectivity index is 0.000000790. The molecule has 0 spiro atoms. The van der Waals surface area contributed by atoms with Gasteiger partial charge in [0.05, 0.1) is 31.5 Å². The second-order valence-electron chi connectivity index (χ2n) is 43.1. The van der Waals surface area contributed by atoms with Crippen molar-refractivity contribution in [3.8, 4) is 0 Å². The highest BCUT2D eigenvalue weighted by Crippen LogP contribution is 2.48. The van der Waals surface area contributed by atoms with Crippen LogP contribution in [0.15, 0.2) is 105 Å². The number of ether oxygens (including phenoxy) is 4. The molecular weight excluding hydrogens is 1720 g/mol. The summed E-state index contributed by atoms with van der Waals surface area (Å²) in [4.78, 5) is 72.3. The van der Waals surface area contributed by atoms with E-state index in [1.54, 1.807) is 14.2 Å². The van der Waals surface area contributed by atoms with Gasteiger partial charge in [-0.05, 0) is 362 Å². The number of methoxy groups -OCH3 is 3. The fraction of sp³-hybridized carbons (Fsp3) is 0.803. The van der Waals surface area contributed by atoms with Gasteiger partial charge in [-0.1, -0.05) is 230 Å². The number of rotatable bonds is 52. The maximum atomic E-state index is 12.2. The van der Waals surface area contributed by atoms with Crippen LogP contribution < -0.4 is 0 Å². The summed E-state index contributed by atoms with van der Waals surface area (Å²) in [5, 5.41) is 48.2. The molecule has 0 bridgehead atoms. The summed E-state index contributed by atoms with van der Waals surface area (Å²) in [6, 6.07) is 0. The van der Waals surface area contributed by atoms with Crippen molar-refractivity contribution in [1.82, 2.24) is 4.90 Å². The number of hydrogen-bond acceptors (Lipinski definition) is 15. The number of esters is 2. The number of hydrogen-bond donors (Lipinski definition) is 5. The van der Waals surface area contributed by atoms with Gasteiger partial charge in [0.25, 0.3) is 0 Å². The summed E-state index contributed by atoms with van der Waals surface area (Å²) in [6.45, 7) is 45.1. The van der Waals surface area contributed by atoms with Crippen molar-refractivity contribution < 1.29 is 73.2 Å². The minimum Gasteiger partial charge on any atom is -0.469 e. The van der Waals surface area contributed by atoms with Crippen LogP contribution in [0.5, 0.6) is 0 Å². The molecule has 0 aliphatic heterocycles. The predicted octanol–water partition coefficient (Wildman–Crippen LogP) is 30.9. The topological polar surface area (TPSA) is 244 Å². The van der Waals surface area contributed by atoms with Gasteiger partial charge in [-0.25, -0.2) is 0 Å². The van der Waals surface area contributed by atoms with Gasteiger partial charge >= 0.3 is 11.9 Å². The van der Waals surface area contributed by atoms with Gasteiger partial charge in [0, 0.05) is 103 Å². The van der Waals surface area contributed by atoms with Crippen LogP contribution in [-0.2, 0) is 47.7 Å². The average molecular weight is 1940 g/mol. The summed E-state index contributed by atoms with van der Waals surface area (Å²) in [5.74, 6) is 5.23. The maximum Gasteiger partial charge on any atom is 0.306 e. The average Bonchev–Trinajstić information content (AvgIpc) is 1.64. The predicted molar refractivity (Wildman–Crippen MR) is 580 cm³/mol. The second-order valence-corrected chi connectivity index (χ2v) is 43.1. The molecule has 16 heteroatoms. The van der Waals surface area contributed by atoms with E-state index in [1.165, 1.54) is 142 Å². The van der Waals surface area contributed by atoms with Gasteiger partial charge in [0.1, 0.15) is 24.0 Å². The van der Waals surface area contributed by atoms with E-state index in [0.717, 1.165) is 250 Å². The molecule has 8 rings (SSSR count). The molecule has 5 N–H and O–H groups in total. The lowest BCUT2D eigenvalue weighted by atomic mass is 9.85. The monoisotopic (exact) mass is 1930 g/mol. The molecule has 0 aromatic carbocycles. The summed E-state index contributed by atoms with van der Waals surface area (Å²) in [5.41, 5.74) is 12.7. The van der Waals surface area contributed by atoms with Crippen molar-refractivity contribution in [2.75, 3.05) is 47.6 Å². The van der Waals surface area contributed by atoms with E-state index < -0.39 is 5.79 Å². The van der Waals surface area contributed by atoms with Crippen molar-refractivity contribution in [1.29, 1.82) is 0 Å². The van der Waals surface area contributed by atoms with Crippen LogP contribution in [0.1, 0.15) is 485 Å². The van der Waals surface area contributed by atoms with Crippen LogP contribution in [0.2, 0.25) is 0 Å². The number of amides is 1. The molecule has 8 aliphatic carbocycles. The summed E-state index contributed by atoms with van der Waals surface area (Å²) >= 11 is 0. The van der Waals surface area contributed by atoms with Gasteiger partial charge < -0.3 is 49.4 Å². The molecular formula is C122H215NO15. The number of Topliss-reactive ketones (excluding diaryl/α,β-unsaturated/α-hetero) is 3. The quantitative estimate of drug-likeness (QED) is 0.0165. The highest BCUT2D eigenvalue weighted by atomic mass is 16.7. The zero-order valence-corrected chi connectivity index (χ0v) is 93.2. The number of carbonyl (C=O) groups excluding carboxylic acids is 6. The summed E-state index contributed by atoms with van der Waals surface area (Å²) < 4.78 is 21.4. The molecule has 1 amide bonds. The molecule has 16 nitrogen and oxygen atoms in total. The first kappa shape index (κ1) is 131. The van der Waals surface area contributed by atoms with E-state index in [4.69, 9.17) is 24.1 Å². The minimum atomic E-state index is -0.508. The van der Waals surface area contributed by atoms with Crippen LogP contribution in [0, 0.1) is 71.0 Å². The van der Waals surface area contributed by atoms with E-state index in [2.05, 4.69) is 159 Å². The van der Waals surface area contributed by atoms with Gasteiger partial charge in [-0.2, -0.15) is 0 Å². The zero-order chi connectivity index (χ0) is 103. The summed E-state index contributed by atoms with van der Waals surface area (Å²) in [7, 11) is 4.86. The number of aliphatic hydroxyl groups is 5. The largest absolute Gasteiger partial charge is 0.469 e. The van der Waals surface area contributed by atoms with Gasteiger partial charge in [-0.3, -0.25) is 28.8 Å². The van der Waals surface area contributed by atoms with E-state index in [0.29, 0.717) is 103 Å². The molecule has 0 radical (unpaired) electrons. The molecule has 8 aliphatic rings. The summed E-state index contributed by atoms with van der Waals surface area (Å²) in [6.07, 6.45) is 76.8. The van der Waals surface area contributed by atoms with Crippen molar-refractivity contribution in [2.24, 2.45) is 71.0 Å². The van der Waals surface area contributed by atoms with Crippen molar-refractivity contribution in [2.45, 2.75) is 515 Å². The maximum absolute atomic E-state index is 12.2. The molecule has 16 atom stereocenters. The van der Waals surface area contributed by atoms with Crippen LogP contribution in [0.4, 0.5) is 0 Å². The lowest BCUT2D eigenvalue weighted by Gasteiger charge is -2.35. The first-order chi connectivity index (χ1) is 66.0. The number of allylic oxidation sites excluding steroid dienone is 17. The second kappa shape index (κ2) is 80.1. The highest BCUT2D eigenvalue weighted by Gasteiger charge is 2.50. The van der Waals surface area contributed by atoms with Gasteiger partial charge in [-0.15, -0.1) is 0 Å². The standard InChI is InChI=1S/C17H30O3.C16H29NO2.C16H28O.C16H26O.C15H28O4.C15H26O.C15H24O.C12H24O2/c1-4-5-6-7-15-14(8-9-16(15)18)12-17(19)20-11-10-13(2)3;1-4-7-8-9-14-13(10-11-15(14)18)12-16(19)17(5-2)6-3;2*1-4-13(2)7-5-8-14(3)11-12-15-9-6-10-16(15)17;1-5-6-7-8-13-12(11-14(16)17-2)9-10-15(13,18-3)19-4;2*1-12(2)6-4-7-13(3)10-11-14-8-5-9-15(14)16;1-2-3-4-5-11-10(8-9-13)6-7-12(11)14/h10,14-16,18H,4-9,11-12H2,1-3H3;13-14H,4-12H2,1-3H3;7,11,15-17H,4-6,8-10,12H2,1-3H3;7,11,15H,4-6,8-10,12H2,1-3H3;12-13H,5-11H2,1-4H3;6,10,14-16H,4-5,7-9,11H2,1-3H3;6,10,14H,4-5,7-9,11H2,1-3H3;10-14H,2-9H2,1H3/b;;2*13-7+,14-11+;;2*13-10+;. The Morgan fingerprint density at radius 2 is 0.783 bits per heavy atom. The Bertz CT molecular complexity index is 3530. The molecule has 16 unspecified atom stereocenters. The Labute approximate surface area is 847 Å². The van der Waals surface area contributed by atoms with Gasteiger partial charge in [0.15, 0.2) is 5.79 Å². The Kier molecular flexibility index (Phi) is 75.9. The minimum absolute atomic E-state index is 0.0400. The molecule has 0 aromatic rings. The number of aliphatic hydroxyl groups excluding tert-OH is 5. The molecule has 8 saturated carbocycles. The van der Waals surface area contributed by atoms with Gasteiger partial charge in [0.2, 0.25) is 5.91 Å². The molecule has 0 heterocycles. The lowest BCUT2D eigenvalue weighted by Crippen LogP contribution is -2.40. The molecule has 0 aromatic heterocycles. The Hall–Kier alpha value is -5.20. The SMILES string of the molecule is CC(C)=CCC/C(C)=C/CC1CCCC1=O.CC(C)=CCC/C(C)=C/CC1CCCC1O.CC/C(C)=C/CC/C(C)=C/CC1CCCC1=O.CC/C(C)=C/CC/C(C)=C/CC1CCCC1O.CCCCCC1C(=O)CCC1CC(=O)N(CC)CC.CCCCCC1C(CC(=O)OC)CCC1(OC)OC.CCCCCC1C(O)CCC1CC(=O)OCC=C(C)C.CCCCCC1C(O)CCC1CCO. The van der Waals surface area contributed by atoms with Crippen molar-refractivity contribution in [3.05, 3.63) is 105 Å². The van der Waals surface area contributed by atoms with Crippen LogP contribution >= 0.6 is 0 Å². The highest BCUT2D eigenvalue weighted by molar-refractivity contribution is 5.85. The van der Waals surface area contributed by atoms with Crippen LogP contribution in [0.3, 0.4) is 0 Å². The normalized spacial score (nSPS) is 25.1. The molecule has 138 heavy (non-hydrogen) atoms. The number of nitrogens with zero attached hydrogens (tertiary/aromatic N) is 1. The van der Waals surface area contributed by atoms with Crippen molar-refractivity contribution in [3.63, 3.8) is 0 Å². The zero-order valence-electron chi connectivity index (χ0n) is 93.2. The van der Waals surface area contributed by atoms with Crippen LogP contribution in [-0.4, -0.2) is 143 Å². The van der Waals surface area contributed by atoms with E-state index in [1.807, 2.05) is 38.7 Å². The van der Waals surface area contributed by atoms with Crippen molar-refractivity contribution >= 4 is 35.2 Å². The van der Waals surface area contributed by atoms with Crippen LogP contribution in [0.25, 0.3) is 0 Å².